The summed E-state index contributed by atoms with van der Waals surface area (Å²) in [4.78, 5) is 12.2. The van der Waals surface area contributed by atoms with Crippen LogP contribution in [0.1, 0.15) is 48.5 Å². The van der Waals surface area contributed by atoms with Gasteiger partial charge in [0, 0.05) is 24.3 Å². The van der Waals surface area contributed by atoms with Gasteiger partial charge in [-0.3, -0.25) is 4.79 Å². The summed E-state index contributed by atoms with van der Waals surface area (Å²) in [5.74, 6) is -3.27. The highest BCUT2D eigenvalue weighted by molar-refractivity contribution is 5.98. The molecule has 2 rings (SSSR count). The van der Waals surface area contributed by atoms with E-state index in [1.54, 1.807) is 6.07 Å². The number of ketones is 1. The molecule has 1 atom stereocenters. The Kier molecular flexibility index (Phi) is 3.79. The molecule has 0 aromatic heterocycles. The van der Waals surface area contributed by atoms with Crippen molar-refractivity contribution in [1.82, 2.24) is 0 Å². The lowest BCUT2D eigenvalue weighted by Crippen LogP contribution is -2.15. The predicted octanol–water partition coefficient (Wildman–Crippen LogP) is 4.26. The number of alkyl halides is 2. The minimum absolute atomic E-state index is 0.120. The summed E-state index contributed by atoms with van der Waals surface area (Å²) >= 11 is 0. The molecule has 0 heterocycles. The van der Waals surface area contributed by atoms with E-state index < -0.39 is 11.8 Å². The molecule has 0 N–H and O–H groups in total. The van der Waals surface area contributed by atoms with Crippen molar-refractivity contribution in [3.05, 3.63) is 35.4 Å². The molecule has 1 nitrogen and oxygen atoms in total. The van der Waals surface area contributed by atoms with Gasteiger partial charge >= 0.3 is 0 Å². The maximum absolute atomic E-state index is 13.1. The molecule has 18 heavy (non-hydrogen) atoms. The smallest absolute Gasteiger partial charge is 0.248 e. The van der Waals surface area contributed by atoms with Crippen LogP contribution in [0.25, 0.3) is 0 Å². The van der Waals surface area contributed by atoms with E-state index in [2.05, 4.69) is 6.92 Å². The summed E-state index contributed by atoms with van der Waals surface area (Å²) in [6, 6.07) is 7.40. The van der Waals surface area contributed by atoms with Gasteiger partial charge in [0.2, 0.25) is 5.92 Å². The summed E-state index contributed by atoms with van der Waals surface area (Å²) in [7, 11) is 0. The van der Waals surface area contributed by atoms with Crippen molar-refractivity contribution in [3.8, 4) is 0 Å². The normalized spacial score (nSPS) is 22.1. The summed E-state index contributed by atoms with van der Waals surface area (Å²) in [5, 5.41) is 0. The van der Waals surface area contributed by atoms with Crippen molar-refractivity contribution in [2.45, 2.75) is 45.0 Å². The number of carbonyl (C=O) groups excluding carboxylic acids is 1. The van der Waals surface area contributed by atoms with Crippen molar-refractivity contribution in [2.24, 2.45) is 5.92 Å². The topological polar surface area (TPSA) is 17.1 Å². The number of aryl methyl sites for hydroxylation is 1. The Balaban J connectivity index is 2.12. The highest BCUT2D eigenvalue weighted by Gasteiger charge is 2.42. The van der Waals surface area contributed by atoms with Crippen LogP contribution in [0.3, 0.4) is 0 Å². The molecule has 0 saturated heterocycles. The molecule has 1 aromatic carbocycles. The SMILES string of the molecule is CCCc1cccc(C(=O)C2CCC(F)(F)C2)c1. The summed E-state index contributed by atoms with van der Waals surface area (Å²) < 4.78 is 26.2. The lowest BCUT2D eigenvalue weighted by molar-refractivity contribution is 0.00530. The zero-order valence-electron chi connectivity index (χ0n) is 10.6. The predicted molar refractivity (Wildman–Crippen MR) is 67.1 cm³/mol. The molecular weight excluding hydrogens is 234 g/mol. The first-order chi connectivity index (χ1) is 8.52. The Morgan fingerprint density at radius 3 is 2.83 bits per heavy atom. The van der Waals surface area contributed by atoms with Crippen LogP contribution in [0.2, 0.25) is 0 Å². The molecule has 0 spiro atoms. The summed E-state index contributed by atoms with van der Waals surface area (Å²) in [6.07, 6.45) is 1.80. The number of rotatable bonds is 4. The maximum atomic E-state index is 13.1. The van der Waals surface area contributed by atoms with Crippen molar-refractivity contribution >= 4 is 5.78 Å². The van der Waals surface area contributed by atoms with Crippen LogP contribution >= 0.6 is 0 Å². The van der Waals surface area contributed by atoms with Gasteiger partial charge in [-0.05, 0) is 24.5 Å². The van der Waals surface area contributed by atoms with Gasteiger partial charge in [0.05, 0.1) is 0 Å². The molecule has 0 bridgehead atoms. The van der Waals surface area contributed by atoms with Crippen molar-refractivity contribution in [3.63, 3.8) is 0 Å². The average molecular weight is 252 g/mol. The first-order valence-corrected chi connectivity index (χ1v) is 6.53. The van der Waals surface area contributed by atoms with Crippen LogP contribution in [0, 0.1) is 5.92 Å². The molecule has 1 aliphatic carbocycles. The number of halogens is 2. The second kappa shape index (κ2) is 5.17. The van der Waals surface area contributed by atoms with E-state index in [0.717, 1.165) is 18.4 Å². The third-order valence-electron chi connectivity index (χ3n) is 3.52. The first-order valence-electron chi connectivity index (χ1n) is 6.53. The fourth-order valence-corrected chi connectivity index (χ4v) is 2.58. The van der Waals surface area contributed by atoms with Gasteiger partial charge in [0.1, 0.15) is 0 Å². The summed E-state index contributed by atoms with van der Waals surface area (Å²) in [5.41, 5.74) is 1.69. The Hall–Kier alpha value is -1.25. The second-order valence-electron chi connectivity index (χ2n) is 5.11. The number of hydrogen-bond acceptors (Lipinski definition) is 1. The molecule has 1 aliphatic rings. The highest BCUT2D eigenvalue weighted by Crippen LogP contribution is 2.40. The molecule has 1 unspecified atom stereocenters. The first kappa shape index (κ1) is 13.2. The second-order valence-corrected chi connectivity index (χ2v) is 5.11. The molecular formula is C15H18F2O. The number of hydrogen-bond donors (Lipinski definition) is 0. The zero-order valence-corrected chi connectivity index (χ0v) is 10.6. The van der Waals surface area contributed by atoms with E-state index in [0.29, 0.717) is 12.0 Å². The summed E-state index contributed by atoms with van der Waals surface area (Å²) in [6.45, 7) is 2.08. The van der Waals surface area contributed by atoms with Gasteiger partial charge in [-0.1, -0.05) is 31.5 Å². The lowest BCUT2D eigenvalue weighted by Gasteiger charge is -2.10. The van der Waals surface area contributed by atoms with Gasteiger partial charge in [-0.2, -0.15) is 0 Å². The van der Waals surface area contributed by atoms with Crippen LogP contribution in [0.4, 0.5) is 8.78 Å². The number of benzene rings is 1. The van der Waals surface area contributed by atoms with E-state index in [4.69, 9.17) is 0 Å². The molecule has 1 fully saturated rings. The molecule has 98 valence electrons. The molecule has 0 aliphatic heterocycles. The van der Waals surface area contributed by atoms with Crippen LogP contribution in [-0.2, 0) is 6.42 Å². The minimum Gasteiger partial charge on any atom is -0.294 e. The van der Waals surface area contributed by atoms with Crippen molar-refractivity contribution in [2.75, 3.05) is 0 Å². The van der Waals surface area contributed by atoms with Gasteiger partial charge in [0.25, 0.3) is 0 Å². The van der Waals surface area contributed by atoms with E-state index in [-0.39, 0.29) is 18.6 Å². The quantitative estimate of drug-likeness (QED) is 0.732. The fourth-order valence-electron chi connectivity index (χ4n) is 2.58. The van der Waals surface area contributed by atoms with Gasteiger partial charge in [-0.15, -0.1) is 0 Å². The van der Waals surface area contributed by atoms with E-state index in [1.165, 1.54) is 0 Å². The lowest BCUT2D eigenvalue weighted by atomic mass is 9.94. The van der Waals surface area contributed by atoms with Gasteiger partial charge < -0.3 is 0 Å². The highest BCUT2D eigenvalue weighted by atomic mass is 19.3. The molecule has 0 amide bonds. The largest absolute Gasteiger partial charge is 0.294 e. The van der Waals surface area contributed by atoms with Crippen molar-refractivity contribution in [1.29, 1.82) is 0 Å². The van der Waals surface area contributed by atoms with Crippen molar-refractivity contribution < 1.29 is 13.6 Å². The average Bonchev–Trinajstić information content (AvgIpc) is 2.70. The molecule has 3 heteroatoms. The number of carbonyl (C=O) groups is 1. The number of Topliss-reactive ketones (excluding diaryl/α,β-unsaturated/α-hetero) is 1. The van der Waals surface area contributed by atoms with E-state index >= 15 is 0 Å². The Morgan fingerprint density at radius 1 is 1.44 bits per heavy atom. The van der Waals surface area contributed by atoms with Crippen LogP contribution in [-0.4, -0.2) is 11.7 Å². The third-order valence-corrected chi connectivity index (χ3v) is 3.52. The van der Waals surface area contributed by atoms with Gasteiger partial charge in [0.15, 0.2) is 5.78 Å². The van der Waals surface area contributed by atoms with Crippen LogP contribution in [0.5, 0.6) is 0 Å². The zero-order chi connectivity index (χ0) is 13.2. The Bertz CT molecular complexity index is 440. The standard InChI is InChI=1S/C15H18F2O/c1-2-4-11-5-3-6-12(9-11)14(18)13-7-8-15(16,17)10-13/h3,5-6,9,13H,2,4,7-8,10H2,1H3. The van der Waals surface area contributed by atoms with Crippen LogP contribution in [0.15, 0.2) is 24.3 Å². The Morgan fingerprint density at radius 2 is 2.22 bits per heavy atom. The maximum Gasteiger partial charge on any atom is 0.248 e. The third kappa shape index (κ3) is 2.95. The Labute approximate surface area is 106 Å². The van der Waals surface area contributed by atoms with Gasteiger partial charge in [-0.25, -0.2) is 8.78 Å². The minimum atomic E-state index is -2.65. The molecule has 1 saturated carbocycles. The van der Waals surface area contributed by atoms with E-state index in [1.807, 2.05) is 18.2 Å². The molecule has 0 radical (unpaired) electrons. The van der Waals surface area contributed by atoms with Crippen LogP contribution < -0.4 is 0 Å². The monoisotopic (exact) mass is 252 g/mol. The van der Waals surface area contributed by atoms with E-state index in [9.17, 15) is 13.6 Å². The fraction of sp³-hybridized carbons (Fsp3) is 0.533. The molecule has 1 aromatic rings.